The lowest BCUT2D eigenvalue weighted by Crippen LogP contribution is -2.44. The molecule has 2 atom stereocenters. The highest BCUT2D eigenvalue weighted by molar-refractivity contribution is 6.34. The van der Waals surface area contributed by atoms with Crippen molar-refractivity contribution >= 4 is 29.1 Å². The van der Waals surface area contributed by atoms with Crippen molar-refractivity contribution < 1.29 is 22.8 Å². The Labute approximate surface area is 189 Å². The molecule has 1 heterocycles. The number of likely N-dealkylation sites (tertiary alicyclic amines) is 1. The van der Waals surface area contributed by atoms with E-state index in [0.29, 0.717) is 23.1 Å². The summed E-state index contributed by atoms with van der Waals surface area (Å²) < 4.78 is 38.1. The molecule has 1 saturated heterocycles. The van der Waals surface area contributed by atoms with Crippen LogP contribution in [0.4, 0.5) is 18.9 Å². The van der Waals surface area contributed by atoms with E-state index >= 15 is 0 Å². The fraction of sp³-hybridized carbons (Fsp3) is 0.417. The second-order valence-electron chi connectivity index (χ2n) is 8.57. The van der Waals surface area contributed by atoms with Crippen LogP contribution in [0.1, 0.15) is 58.4 Å². The molecular weight excluding hydrogens is 441 g/mol. The number of nitrogens with zero attached hydrogens (tertiary/aromatic N) is 1. The van der Waals surface area contributed by atoms with Gasteiger partial charge in [0.15, 0.2) is 0 Å². The van der Waals surface area contributed by atoms with Crippen LogP contribution >= 0.6 is 11.6 Å². The average molecular weight is 465 g/mol. The number of piperidine rings is 1. The summed E-state index contributed by atoms with van der Waals surface area (Å²) in [5.74, 6) is 0.599. The topological polar surface area (TPSA) is 49.4 Å². The Morgan fingerprint density at radius 2 is 1.66 bits per heavy atom. The van der Waals surface area contributed by atoms with Crippen LogP contribution in [-0.4, -0.2) is 29.8 Å². The van der Waals surface area contributed by atoms with Gasteiger partial charge in [-0.25, -0.2) is 0 Å². The molecule has 0 aromatic heterocycles. The molecule has 0 radical (unpaired) electrons. The number of fused-ring (bicyclic) bond motifs is 1. The van der Waals surface area contributed by atoms with Crippen LogP contribution in [-0.2, 0) is 6.18 Å². The summed E-state index contributed by atoms with van der Waals surface area (Å²) >= 11 is 6.36. The second-order valence-corrected chi connectivity index (χ2v) is 8.98. The Bertz CT molecular complexity index is 1010. The highest BCUT2D eigenvalue weighted by atomic mass is 35.5. The quantitative estimate of drug-likeness (QED) is 0.582. The van der Waals surface area contributed by atoms with Crippen molar-refractivity contribution in [3.63, 3.8) is 0 Å². The molecule has 4 rings (SSSR count). The summed E-state index contributed by atoms with van der Waals surface area (Å²) in [6, 6.07) is 8.61. The molecule has 1 N–H and O–H groups in total. The van der Waals surface area contributed by atoms with E-state index in [1.54, 1.807) is 12.1 Å². The van der Waals surface area contributed by atoms with Gasteiger partial charge in [0.1, 0.15) is 0 Å². The van der Waals surface area contributed by atoms with Crippen LogP contribution in [0.25, 0.3) is 0 Å². The molecule has 1 saturated carbocycles. The molecule has 1 aliphatic carbocycles. The van der Waals surface area contributed by atoms with Crippen LogP contribution in [0, 0.1) is 11.8 Å². The van der Waals surface area contributed by atoms with E-state index in [4.69, 9.17) is 11.6 Å². The van der Waals surface area contributed by atoms with Gasteiger partial charge < -0.3 is 10.2 Å². The van der Waals surface area contributed by atoms with E-state index in [-0.39, 0.29) is 16.5 Å². The van der Waals surface area contributed by atoms with Crippen LogP contribution in [0.2, 0.25) is 5.02 Å². The highest BCUT2D eigenvalue weighted by Crippen LogP contribution is 2.37. The molecule has 2 aliphatic rings. The number of halogens is 4. The summed E-state index contributed by atoms with van der Waals surface area (Å²) in [6.45, 7) is 1.48. The van der Waals surface area contributed by atoms with E-state index in [2.05, 4.69) is 5.32 Å². The Balaban J connectivity index is 1.41. The molecule has 2 aromatic rings. The largest absolute Gasteiger partial charge is 0.416 e. The van der Waals surface area contributed by atoms with Crippen molar-refractivity contribution in [1.29, 1.82) is 0 Å². The molecule has 2 amide bonds. The highest BCUT2D eigenvalue weighted by Gasteiger charge is 2.34. The molecule has 1 aliphatic heterocycles. The fourth-order valence-corrected chi connectivity index (χ4v) is 5.00. The fourth-order valence-electron chi connectivity index (χ4n) is 4.74. The second kappa shape index (κ2) is 9.14. The van der Waals surface area contributed by atoms with Crippen LogP contribution in [0.5, 0.6) is 0 Å². The molecule has 0 unspecified atom stereocenters. The van der Waals surface area contributed by atoms with Gasteiger partial charge in [-0.2, -0.15) is 13.2 Å². The zero-order chi connectivity index (χ0) is 22.9. The first-order chi connectivity index (χ1) is 15.2. The normalized spacial score (nSPS) is 21.1. The molecule has 2 aromatic carbocycles. The molecule has 2 fully saturated rings. The third-order valence-corrected chi connectivity index (χ3v) is 6.82. The lowest BCUT2D eigenvalue weighted by Gasteiger charge is -2.41. The molecule has 32 heavy (non-hydrogen) atoms. The van der Waals surface area contributed by atoms with Gasteiger partial charge in [0.05, 0.1) is 16.1 Å². The summed E-state index contributed by atoms with van der Waals surface area (Å²) in [7, 11) is 0. The van der Waals surface area contributed by atoms with Gasteiger partial charge in [0, 0.05) is 24.3 Å². The average Bonchev–Trinajstić information content (AvgIpc) is 2.78. The summed E-state index contributed by atoms with van der Waals surface area (Å²) in [6.07, 6.45) is 1.47. The summed E-state index contributed by atoms with van der Waals surface area (Å²) in [5.41, 5.74) is 0.0118. The van der Waals surface area contributed by atoms with Crippen molar-refractivity contribution in [2.75, 3.05) is 18.4 Å². The first kappa shape index (κ1) is 22.6. The maximum atomic E-state index is 13.0. The lowest BCUT2D eigenvalue weighted by atomic mass is 9.75. The SMILES string of the molecule is O=C(Nc1ccc(C(=O)N2CC[C@H]3CCCC[C@H]3C2)c(Cl)c1)c1ccc(C(F)(F)F)cc1. The van der Waals surface area contributed by atoms with Gasteiger partial charge in [0.25, 0.3) is 11.8 Å². The van der Waals surface area contributed by atoms with Crippen LogP contribution < -0.4 is 5.32 Å². The number of nitrogens with one attached hydrogen (secondary N) is 1. The Hall–Kier alpha value is -2.54. The number of hydrogen-bond donors (Lipinski definition) is 1. The van der Waals surface area contributed by atoms with E-state index in [1.807, 2.05) is 4.90 Å². The smallest absolute Gasteiger partial charge is 0.338 e. The van der Waals surface area contributed by atoms with Gasteiger partial charge in [-0.05, 0) is 67.1 Å². The van der Waals surface area contributed by atoms with Gasteiger partial charge in [-0.1, -0.05) is 30.9 Å². The van der Waals surface area contributed by atoms with Gasteiger partial charge in [-0.3, -0.25) is 9.59 Å². The van der Waals surface area contributed by atoms with Crippen molar-refractivity contribution in [1.82, 2.24) is 4.90 Å². The first-order valence-corrected chi connectivity index (χ1v) is 11.2. The van der Waals surface area contributed by atoms with Crippen molar-refractivity contribution in [3.05, 3.63) is 64.2 Å². The number of rotatable bonds is 3. The number of hydrogen-bond acceptors (Lipinski definition) is 2. The van der Waals surface area contributed by atoms with Crippen molar-refractivity contribution in [3.8, 4) is 0 Å². The molecule has 0 bridgehead atoms. The van der Waals surface area contributed by atoms with Gasteiger partial charge >= 0.3 is 6.18 Å². The lowest BCUT2D eigenvalue weighted by molar-refractivity contribution is -0.137. The van der Waals surface area contributed by atoms with E-state index < -0.39 is 17.6 Å². The predicted molar refractivity (Wildman–Crippen MR) is 117 cm³/mol. The number of carbonyl (C=O) groups is 2. The standard InChI is InChI=1S/C24H24ClF3N2O2/c25-21-13-19(29-22(31)16-5-7-18(8-6-16)24(26,27)28)9-10-20(21)23(32)30-12-11-15-3-1-2-4-17(15)14-30/h5-10,13,15,17H,1-4,11-12,14H2,(H,29,31)/t15-,17+/m1/s1. The monoisotopic (exact) mass is 464 g/mol. The maximum absolute atomic E-state index is 13.0. The zero-order valence-corrected chi connectivity index (χ0v) is 18.2. The number of amides is 2. The predicted octanol–water partition coefficient (Wildman–Crippen LogP) is 6.26. The summed E-state index contributed by atoms with van der Waals surface area (Å²) in [5, 5.41) is 2.84. The minimum Gasteiger partial charge on any atom is -0.338 e. The Morgan fingerprint density at radius 3 is 2.31 bits per heavy atom. The number of carbonyl (C=O) groups excluding carboxylic acids is 2. The summed E-state index contributed by atoms with van der Waals surface area (Å²) in [4.78, 5) is 27.3. The van der Waals surface area contributed by atoms with E-state index in [9.17, 15) is 22.8 Å². The molecule has 170 valence electrons. The van der Waals surface area contributed by atoms with E-state index in [0.717, 1.165) is 50.2 Å². The zero-order valence-electron chi connectivity index (χ0n) is 17.4. The first-order valence-electron chi connectivity index (χ1n) is 10.8. The minimum absolute atomic E-state index is 0.0876. The van der Waals surface area contributed by atoms with E-state index in [1.165, 1.54) is 25.3 Å². The third kappa shape index (κ3) is 4.93. The Kier molecular flexibility index (Phi) is 6.47. The number of alkyl halides is 3. The van der Waals surface area contributed by atoms with Gasteiger partial charge in [0.2, 0.25) is 0 Å². The Morgan fingerprint density at radius 1 is 0.969 bits per heavy atom. The van der Waals surface area contributed by atoms with Gasteiger partial charge in [-0.15, -0.1) is 0 Å². The minimum atomic E-state index is -4.46. The van der Waals surface area contributed by atoms with Crippen molar-refractivity contribution in [2.24, 2.45) is 11.8 Å². The van der Waals surface area contributed by atoms with Crippen LogP contribution in [0.3, 0.4) is 0 Å². The van der Waals surface area contributed by atoms with Crippen LogP contribution in [0.15, 0.2) is 42.5 Å². The molecule has 4 nitrogen and oxygen atoms in total. The maximum Gasteiger partial charge on any atom is 0.416 e. The molecular formula is C24H24ClF3N2O2. The number of benzene rings is 2. The molecule has 8 heteroatoms. The number of anilines is 1. The third-order valence-electron chi connectivity index (χ3n) is 6.51. The molecule has 0 spiro atoms. The van der Waals surface area contributed by atoms with Crippen molar-refractivity contribution in [2.45, 2.75) is 38.3 Å².